The Morgan fingerprint density at radius 1 is 0.394 bits per heavy atom. The summed E-state index contributed by atoms with van der Waals surface area (Å²) in [5.74, 6) is 0. The standard InChI is InChI=1S/C32H27N/c1-25-17-21-30(22-18-25)33-31-23-19-29(20-24-31)32(26-11-5-2-6-12-26,27-13-7-3-8-14-27)28-15-9-4-10-16-28/h2-24,33H,1H3. The first-order chi connectivity index (χ1) is 16.3. The van der Waals surface area contributed by atoms with Gasteiger partial charge in [-0.2, -0.15) is 0 Å². The highest BCUT2D eigenvalue weighted by Gasteiger charge is 2.38. The number of anilines is 2. The van der Waals surface area contributed by atoms with Crippen molar-refractivity contribution in [2.24, 2.45) is 0 Å². The van der Waals surface area contributed by atoms with Crippen molar-refractivity contribution >= 4 is 11.4 Å². The molecule has 0 unspecified atom stereocenters. The molecule has 33 heavy (non-hydrogen) atoms. The van der Waals surface area contributed by atoms with Crippen LogP contribution in [-0.4, -0.2) is 0 Å². The summed E-state index contributed by atoms with van der Waals surface area (Å²) in [6, 6.07) is 49.8. The van der Waals surface area contributed by atoms with E-state index in [9.17, 15) is 0 Å². The highest BCUT2D eigenvalue weighted by atomic mass is 14.9. The molecule has 0 saturated carbocycles. The van der Waals surface area contributed by atoms with Gasteiger partial charge in [-0.05, 0) is 53.4 Å². The Bertz CT molecular complexity index is 1190. The monoisotopic (exact) mass is 425 g/mol. The maximum absolute atomic E-state index is 3.53. The van der Waals surface area contributed by atoms with Crippen molar-refractivity contribution in [1.29, 1.82) is 0 Å². The predicted octanol–water partition coefficient (Wildman–Crippen LogP) is 8.12. The molecule has 1 heteroatoms. The van der Waals surface area contributed by atoms with Crippen LogP contribution in [0.15, 0.2) is 140 Å². The number of nitrogens with one attached hydrogen (secondary N) is 1. The second kappa shape index (κ2) is 9.18. The van der Waals surface area contributed by atoms with E-state index in [-0.39, 0.29) is 0 Å². The van der Waals surface area contributed by atoms with Crippen LogP contribution >= 0.6 is 0 Å². The smallest absolute Gasteiger partial charge is 0.0701 e. The summed E-state index contributed by atoms with van der Waals surface area (Å²) in [5, 5.41) is 3.53. The Balaban J connectivity index is 1.67. The summed E-state index contributed by atoms with van der Waals surface area (Å²) < 4.78 is 0. The molecule has 1 nitrogen and oxygen atoms in total. The molecule has 0 spiro atoms. The van der Waals surface area contributed by atoms with Crippen LogP contribution in [0.3, 0.4) is 0 Å². The molecular formula is C32H27N. The lowest BCUT2D eigenvalue weighted by Crippen LogP contribution is -2.30. The van der Waals surface area contributed by atoms with Crippen molar-refractivity contribution in [3.63, 3.8) is 0 Å². The van der Waals surface area contributed by atoms with Crippen LogP contribution in [-0.2, 0) is 5.41 Å². The molecule has 5 aromatic carbocycles. The minimum Gasteiger partial charge on any atom is -0.356 e. The molecule has 0 aliphatic heterocycles. The van der Waals surface area contributed by atoms with Crippen molar-refractivity contribution in [2.45, 2.75) is 12.3 Å². The topological polar surface area (TPSA) is 12.0 Å². The molecule has 0 atom stereocenters. The zero-order valence-corrected chi connectivity index (χ0v) is 18.8. The van der Waals surface area contributed by atoms with Crippen LogP contribution < -0.4 is 5.32 Å². The van der Waals surface area contributed by atoms with Crippen LogP contribution in [0.5, 0.6) is 0 Å². The molecule has 0 radical (unpaired) electrons. The Morgan fingerprint density at radius 2 is 0.727 bits per heavy atom. The van der Waals surface area contributed by atoms with E-state index in [2.05, 4.69) is 152 Å². The molecule has 0 heterocycles. The van der Waals surface area contributed by atoms with E-state index in [0.717, 1.165) is 11.4 Å². The second-order valence-corrected chi connectivity index (χ2v) is 8.42. The summed E-state index contributed by atoms with van der Waals surface area (Å²) in [7, 11) is 0. The van der Waals surface area contributed by atoms with Gasteiger partial charge in [-0.1, -0.05) is 121 Å². The minimum absolute atomic E-state index is 0.411. The van der Waals surface area contributed by atoms with Crippen molar-refractivity contribution in [3.05, 3.63) is 167 Å². The van der Waals surface area contributed by atoms with Gasteiger partial charge >= 0.3 is 0 Å². The fourth-order valence-corrected chi connectivity index (χ4v) is 4.67. The average Bonchev–Trinajstić information content (AvgIpc) is 2.89. The lowest BCUT2D eigenvalue weighted by Gasteiger charge is -2.37. The number of rotatable bonds is 6. The highest BCUT2D eigenvalue weighted by molar-refractivity contribution is 5.64. The fourth-order valence-electron chi connectivity index (χ4n) is 4.67. The van der Waals surface area contributed by atoms with Crippen molar-refractivity contribution in [1.82, 2.24) is 0 Å². The molecule has 0 saturated heterocycles. The lowest BCUT2D eigenvalue weighted by molar-refractivity contribution is 0.745. The van der Waals surface area contributed by atoms with Crippen LogP contribution in [0.25, 0.3) is 0 Å². The molecule has 1 N–H and O–H groups in total. The van der Waals surface area contributed by atoms with Gasteiger partial charge in [0.15, 0.2) is 0 Å². The van der Waals surface area contributed by atoms with Crippen molar-refractivity contribution in [3.8, 4) is 0 Å². The van der Waals surface area contributed by atoms with Gasteiger partial charge in [0.25, 0.3) is 0 Å². The first-order valence-corrected chi connectivity index (χ1v) is 11.4. The van der Waals surface area contributed by atoms with Gasteiger partial charge in [-0.15, -0.1) is 0 Å². The zero-order chi connectivity index (χ0) is 22.5. The Morgan fingerprint density at radius 3 is 1.12 bits per heavy atom. The van der Waals surface area contributed by atoms with E-state index in [1.54, 1.807) is 0 Å². The largest absolute Gasteiger partial charge is 0.356 e. The van der Waals surface area contributed by atoms with Crippen LogP contribution in [0.4, 0.5) is 11.4 Å². The van der Waals surface area contributed by atoms with E-state index >= 15 is 0 Å². The number of benzene rings is 5. The van der Waals surface area contributed by atoms with E-state index in [0.29, 0.717) is 0 Å². The molecule has 0 amide bonds. The normalized spacial score (nSPS) is 11.2. The maximum Gasteiger partial charge on any atom is 0.0701 e. The van der Waals surface area contributed by atoms with Gasteiger partial charge in [-0.3, -0.25) is 0 Å². The third-order valence-corrected chi connectivity index (χ3v) is 6.28. The summed E-state index contributed by atoms with van der Waals surface area (Å²) in [6.07, 6.45) is 0. The number of hydrogen-bond donors (Lipinski definition) is 1. The van der Waals surface area contributed by atoms with E-state index in [1.807, 2.05) is 0 Å². The number of aryl methyl sites for hydroxylation is 1. The maximum atomic E-state index is 3.53. The molecule has 0 bridgehead atoms. The first kappa shape index (κ1) is 20.8. The SMILES string of the molecule is Cc1ccc(Nc2ccc(C(c3ccccc3)(c3ccccc3)c3ccccc3)cc2)cc1. The van der Waals surface area contributed by atoms with Crippen molar-refractivity contribution in [2.75, 3.05) is 5.32 Å². The average molecular weight is 426 g/mol. The first-order valence-electron chi connectivity index (χ1n) is 11.4. The van der Waals surface area contributed by atoms with Gasteiger partial charge in [0.05, 0.1) is 5.41 Å². The third kappa shape index (κ3) is 4.06. The molecule has 5 aromatic rings. The fraction of sp³-hybridized carbons (Fsp3) is 0.0625. The number of hydrogen-bond acceptors (Lipinski definition) is 1. The summed E-state index contributed by atoms with van der Waals surface area (Å²) in [6.45, 7) is 2.11. The van der Waals surface area contributed by atoms with Gasteiger partial charge in [0, 0.05) is 11.4 Å². The molecule has 160 valence electrons. The van der Waals surface area contributed by atoms with Gasteiger partial charge < -0.3 is 5.32 Å². The summed E-state index contributed by atoms with van der Waals surface area (Å²) in [5.41, 5.74) is 8.01. The molecule has 0 aromatic heterocycles. The summed E-state index contributed by atoms with van der Waals surface area (Å²) in [4.78, 5) is 0. The van der Waals surface area contributed by atoms with E-state index in [4.69, 9.17) is 0 Å². The van der Waals surface area contributed by atoms with E-state index in [1.165, 1.54) is 27.8 Å². The summed E-state index contributed by atoms with van der Waals surface area (Å²) >= 11 is 0. The molecule has 5 rings (SSSR count). The minimum atomic E-state index is -0.411. The van der Waals surface area contributed by atoms with Crippen LogP contribution in [0.1, 0.15) is 27.8 Å². The second-order valence-electron chi connectivity index (χ2n) is 8.42. The molecule has 0 aliphatic carbocycles. The quantitative estimate of drug-likeness (QED) is 0.271. The van der Waals surface area contributed by atoms with Gasteiger partial charge in [-0.25, -0.2) is 0 Å². The van der Waals surface area contributed by atoms with Crippen LogP contribution in [0.2, 0.25) is 0 Å². The molecule has 0 aliphatic rings. The van der Waals surface area contributed by atoms with Crippen molar-refractivity contribution < 1.29 is 0 Å². The Hall–Kier alpha value is -4.10. The Labute approximate surface area is 196 Å². The molecular weight excluding hydrogens is 398 g/mol. The van der Waals surface area contributed by atoms with Gasteiger partial charge in [0.1, 0.15) is 0 Å². The zero-order valence-electron chi connectivity index (χ0n) is 18.8. The van der Waals surface area contributed by atoms with Crippen LogP contribution in [0, 0.1) is 6.92 Å². The highest BCUT2D eigenvalue weighted by Crippen LogP contribution is 2.45. The third-order valence-electron chi connectivity index (χ3n) is 6.28. The van der Waals surface area contributed by atoms with Gasteiger partial charge in [0.2, 0.25) is 0 Å². The van der Waals surface area contributed by atoms with E-state index < -0.39 is 5.41 Å². The Kier molecular flexibility index (Phi) is 5.78. The lowest BCUT2D eigenvalue weighted by atomic mass is 9.65. The predicted molar refractivity (Wildman–Crippen MR) is 139 cm³/mol. The molecule has 0 fully saturated rings.